The Morgan fingerprint density at radius 2 is 1.87 bits per heavy atom. The lowest BCUT2D eigenvalue weighted by Crippen LogP contribution is -2.01. The van der Waals surface area contributed by atoms with Crippen molar-refractivity contribution in [3.63, 3.8) is 0 Å². The van der Waals surface area contributed by atoms with Crippen molar-refractivity contribution in [1.82, 2.24) is 0 Å². The normalized spacial score (nSPS) is 10.8. The maximum absolute atomic E-state index is 11.1. The fourth-order valence-electron chi connectivity index (χ4n) is 2.69. The average molecular weight is 459 g/mol. The van der Waals surface area contributed by atoms with E-state index in [2.05, 4.69) is 10.5 Å². The molecule has 0 amide bonds. The number of hydrogen-bond donors (Lipinski definition) is 2. The monoisotopic (exact) mass is 458 g/mol. The standard InChI is InChI=1S/C23H20Cl2N2O4/c1-2-30-22-11-15(13-26-27-18-5-3-4-17(12-18)23(28)29)7-9-21(22)31-14-16-6-8-19(24)20(25)10-16/h3-13,27H,2,14H2,1H3,(H,28,29)/b26-13+. The zero-order valence-corrected chi connectivity index (χ0v) is 18.2. The topological polar surface area (TPSA) is 80.2 Å². The molecule has 2 N–H and O–H groups in total. The van der Waals surface area contributed by atoms with E-state index in [9.17, 15) is 4.79 Å². The van der Waals surface area contributed by atoms with Gasteiger partial charge in [-0.1, -0.05) is 35.3 Å². The minimum absolute atomic E-state index is 0.183. The van der Waals surface area contributed by atoms with E-state index in [1.807, 2.05) is 25.1 Å². The number of aromatic carboxylic acids is 1. The van der Waals surface area contributed by atoms with Gasteiger partial charge < -0.3 is 14.6 Å². The smallest absolute Gasteiger partial charge is 0.335 e. The molecular formula is C23H20Cl2N2O4. The van der Waals surface area contributed by atoms with Crippen LogP contribution in [0, 0.1) is 0 Å². The van der Waals surface area contributed by atoms with Gasteiger partial charge in [-0.2, -0.15) is 5.10 Å². The number of carboxylic acids is 1. The summed E-state index contributed by atoms with van der Waals surface area (Å²) in [5.74, 6) is 0.178. The Morgan fingerprint density at radius 1 is 1.03 bits per heavy atom. The molecule has 3 aromatic rings. The molecule has 0 spiro atoms. The molecule has 8 heteroatoms. The number of nitrogens with zero attached hydrogens (tertiary/aromatic N) is 1. The summed E-state index contributed by atoms with van der Waals surface area (Å²) in [4.78, 5) is 11.1. The van der Waals surface area contributed by atoms with Crippen LogP contribution in [-0.4, -0.2) is 23.9 Å². The van der Waals surface area contributed by atoms with Crippen molar-refractivity contribution in [2.24, 2.45) is 5.10 Å². The number of anilines is 1. The second kappa shape index (κ2) is 10.7. The van der Waals surface area contributed by atoms with Gasteiger partial charge in [-0.3, -0.25) is 5.43 Å². The molecule has 0 heterocycles. The van der Waals surface area contributed by atoms with E-state index in [1.54, 1.807) is 36.5 Å². The van der Waals surface area contributed by atoms with E-state index < -0.39 is 5.97 Å². The Kier molecular flexibility index (Phi) is 7.76. The van der Waals surface area contributed by atoms with Crippen LogP contribution in [0.2, 0.25) is 10.0 Å². The van der Waals surface area contributed by atoms with Crippen LogP contribution >= 0.6 is 23.2 Å². The molecule has 0 atom stereocenters. The van der Waals surface area contributed by atoms with Crippen LogP contribution in [-0.2, 0) is 6.61 Å². The van der Waals surface area contributed by atoms with Gasteiger partial charge in [0.2, 0.25) is 0 Å². The molecule has 0 fully saturated rings. The molecule has 0 aliphatic rings. The first kappa shape index (κ1) is 22.5. The molecule has 0 aliphatic heterocycles. The summed E-state index contributed by atoms with van der Waals surface area (Å²) in [5.41, 5.74) is 5.25. The van der Waals surface area contributed by atoms with Crippen LogP contribution in [0.3, 0.4) is 0 Å². The number of carboxylic acid groups (broad SMARTS) is 1. The Bertz CT molecular complexity index is 1100. The van der Waals surface area contributed by atoms with Crippen molar-refractivity contribution < 1.29 is 19.4 Å². The third kappa shape index (κ3) is 6.38. The van der Waals surface area contributed by atoms with Crippen LogP contribution in [0.15, 0.2) is 65.8 Å². The zero-order chi connectivity index (χ0) is 22.2. The predicted octanol–water partition coefficient (Wildman–Crippen LogP) is 6.12. The number of carbonyl (C=O) groups is 1. The van der Waals surface area contributed by atoms with Crippen LogP contribution in [0.4, 0.5) is 5.69 Å². The molecule has 0 bridgehead atoms. The molecule has 3 rings (SSSR count). The van der Waals surface area contributed by atoms with Crippen molar-refractivity contribution in [2.45, 2.75) is 13.5 Å². The quantitative estimate of drug-likeness (QED) is 0.298. The Balaban J connectivity index is 1.69. The largest absolute Gasteiger partial charge is 0.490 e. The highest BCUT2D eigenvalue weighted by molar-refractivity contribution is 6.42. The highest BCUT2D eigenvalue weighted by Gasteiger charge is 2.08. The highest BCUT2D eigenvalue weighted by atomic mass is 35.5. The number of halogens is 2. The van der Waals surface area contributed by atoms with Crippen LogP contribution in [0.25, 0.3) is 0 Å². The van der Waals surface area contributed by atoms with E-state index in [4.69, 9.17) is 37.8 Å². The van der Waals surface area contributed by atoms with Crippen LogP contribution in [0.5, 0.6) is 11.5 Å². The van der Waals surface area contributed by atoms with Crippen LogP contribution in [0.1, 0.15) is 28.4 Å². The van der Waals surface area contributed by atoms with Gasteiger partial charge in [-0.15, -0.1) is 0 Å². The van der Waals surface area contributed by atoms with E-state index in [1.165, 1.54) is 12.1 Å². The molecule has 0 aromatic heterocycles. The average Bonchev–Trinajstić information content (AvgIpc) is 2.76. The maximum atomic E-state index is 11.1. The lowest BCUT2D eigenvalue weighted by molar-refractivity contribution is 0.0697. The Hall–Kier alpha value is -3.22. The van der Waals surface area contributed by atoms with Gasteiger partial charge in [-0.25, -0.2) is 4.79 Å². The van der Waals surface area contributed by atoms with E-state index in [0.717, 1.165) is 11.1 Å². The highest BCUT2D eigenvalue weighted by Crippen LogP contribution is 2.30. The summed E-state index contributed by atoms with van der Waals surface area (Å²) in [6.07, 6.45) is 1.61. The van der Waals surface area contributed by atoms with Gasteiger partial charge in [0.25, 0.3) is 0 Å². The summed E-state index contributed by atoms with van der Waals surface area (Å²) in [7, 11) is 0. The molecular weight excluding hydrogens is 439 g/mol. The van der Waals surface area contributed by atoms with E-state index in [-0.39, 0.29) is 5.56 Å². The number of nitrogens with one attached hydrogen (secondary N) is 1. The molecule has 6 nitrogen and oxygen atoms in total. The minimum Gasteiger partial charge on any atom is -0.490 e. The molecule has 0 aliphatic carbocycles. The third-order valence-electron chi connectivity index (χ3n) is 4.16. The van der Waals surface area contributed by atoms with Crippen LogP contribution < -0.4 is 14.9 Å². The number of rotatable bonds is 9. The molecule has 0 saturated heterocycles. The van der Waals surface area contributed by atoms with E-state index >= 15 is 0 Å². The lowest BCUT2D eigenvalue weighted by atomic mass is 10.2. The fourth-order valence-corrected chi connectivity index (χ4v) is 3.01. The third-order valence-corrected chi connectivity index (χ3v) is 4.90. The van der Waals surface area contributed by atoms with Crippen molar-refractivity contribution in [3.05, 3.63) is 87.4 Å². The van der Waals surface area contributed by atoms with Crippen molar-refractivity contribution in [2.75, 3.05) is 12.0 Å². The second-order valence-corrected chi connectivity index (χ2v) is 7.25. The molecule has 0 saturated carbocycles. The molecule has 0 radical (unpaired) electrons. The summed E-state index contributed by atoms with van der Waals surface area (Å²) in [6, 6.07) is 17.2. The summed E-state index contributed by atoms with van der Waals surface area (Å²) >= 11 is 12.0. The first-order valence-corrected chi connectivity index (χ1v) is 10.2. The van der Waals surface area contributed by atoms with Crippen molar-refractivity contribution in [3.8, 4) is 11.5 Å². The second-order valence-electron chi connectivity index (χ2n) is 6.43. The van der Waals surface area contributed by atoms with Gasteiger partial charge in [-0.05, 0) is 66.6 Å². The number of ether oxygens (including phenoxy) is 2. The number of hydrazone groups is 1. The van der Waals surface area contributed by atoms with Crippen molar-refractivity contribution >= 4 is 41.1 Å². The summed E-state index contributed by atoms with van der Waals surface area (Å²) in [5, 5.41) is 14.2. The minimum atomic E-state index is -0.995. The Morgan fingerprint density at radius 3 is 2.61 bits per heavy atom. The first-order chi connectivity index (χ1) is 15.0. The fraction of sp³-hybridized carbons (Fsp3) is 0.130. The molecule has 31 heavy (non-hydrogen) atoms. The number of hydrogen-bond acceptors (Lipinski definition) is 5. The van der Waals surface area contributed by atoms with Gasteiger partial charge in [0.05, 0.1) is 34.1 Å². The predicted molar refractivity (Wildman–Crippen MR) is 123 cm³/mol. The first-order valence-electron chi connectivity index (χ1n) is 9.42. The molecule has 160 valence electrons. The Labute approximate surface area is 190 Å². The van der Waals surface area contributed by atoms with Crippen molar-refractivity contribution in [1.29, 1.82) is 0 Å². The van der Waals surface area contributed by atoms with E-state index in [0.29, 0.717) is 40.4 Å². The maximum Gasteiger partial charge on any atom is 0.335 e. The van der Waals surface area contributed by atoms with Gasteiger partial charge in [0, 0.05) is 0 Å². The molecule has 3 aromatic carbocycles. The number of benzene rings is 3. The lowest BCUT2D eigenvalue weighted by Gasteiger charge is -2.13. The zero-order valence-electron chi connectivity index (χ0n) is 16.6. The molecule has 0 unspecified atom stereocenters. The van der Waals surface area contributed by atoms with Gasteiger partial charge in [0.1, 0.15) is 6.61 Å². The summed E-state index contributed by atoms with van der Waals surface area (Å²) in [6.45, 7) is 2.68. The summed E-state index contributed by atoms with van der Waals surface area (Å²) < 4.78 is 11.6. The van der Waals surface area contributed by atoms with Gasteiger partial charge >= 0.3 is 5.97 Å². The van der Waals surface area contributed by atoms with Gasteiger partial charge in [0.15, 0.2) is 11.5 Å². The SMILES string of the molecule is CCOc1cc(/C=N/Nc2cccc(C(=O)O)c2)ccc1OCc1ccc(Cl)c(Cl)c1.